The number of carbonyl (C=O) groups is 1. The Morgan fingerprint density at radius 1 is 1.50 bits per heavy atom. The molecular formula is C10H14N4O2. The molecule has 0 atom stereocenters. The highest BCUT2D eigenvalue weighted by molar-refractivity contribution is 5.91. The first-order valence-corrected chi connectivity index (χ1v) is 5.32. The average Bonchev–Trinajstić information content (AvgIpc) is 3.09. The minimum Gasteiger partial charge on any atom is -0.349 e. The summed E-state index contributed by atoms with van der Waals surface area (Å²) in [5, 5.41) is 6.00. The van der Waals surface area contributed by atoms with Gasteiger partial charge in [-0.05, 0) is 12.8 Å². The van der Waals surface area contributed by atoms with Gasteiger partial charge in [0.1, 0.15) is 5.69 Å². The molecule has 1 fully saturated rings. The number of amides is 1. The van der Waals surface area contributed by atoms with Crippen LogP contribution in [0.4, 0.5) is 0 Å². The molecular weight excluding hydrogens is 208 g/mol. The molecule has 1 amide bonds. The Morgan fingerprint density at radius 2 is 2.31 bits per heavy atom. The Labute approximate surface area is 92.5 Å². The average molecular weight is 222 g/mol. The fraction of sp³-hybridized carbons (Fsp3) is 0.500. The lowest BCUT2D eigenvalue weighted by Gasteiger charge is -2.04. The Balaban J connectivity index is 1.73. The molecule has 2 rings (SSSR count). The number of aromatic nitrogens is 2. The smallest absolute Gasteiger partial charge is 0.271 e. The summed E-state index contributed by atoms with van der Waals surface area (Å²) in [5.41, 5.74) is -0.0852. The first kappa shape index (κ1) is 10.8. The molecule has 1 aromatic rings. The van der Waals surface area contributed by atoms with Gasteiger partial charge in [0.2, 0.25) is 0 Å². The summed E-state index contributed by atoms with van der Waals surface area (Å²) in [7, 11) is 0. The van der Waals surface area contributed by atoms with Gasteiger partial charge >= 0.3 is 0 Å². The standard InChI is InChI=1S/C10H14N4O2/c15-9-6-13-8(5-14-9)10(16)12-4-3-11-7-1-2-7/h5-7,11H,1-4H2,(H,12,16)(H,14,15). The van der Waals surface area contributed by atoms with Crippen molar-refractivity contribution in [2.75, 3.05) is 13.1 Å². The number of nitrogens with one attached hydrogen (secondary N) is 3. The van der Waals surface area contributed by atoms with Gasteiger partial charge in [-0.1, -0.05) is 0 Å². The van der Waals surface area contributed by atoms with Crippen LogP contribution in [-0.2, 0) is 0 Å². The summed E-state index contributed by atoms with van der Waals surface area (Å²) in [4.78, 5) is 28.4. The minimum absolute atomic E-state index is 0.228. The topological polar surface area (TPSA) is 86.9 Å². The second kappa shape index (κ2) is 4.89. The van der Waals surface area contributed by atoms with E-state index in [2.05, 4.69) is 20.6 Å². The lowest BCUT2D eigenvalue weighted by atomic mass is 10.4. The molecule has 1 saturated carbocycles. The third-order valence-electron chi connectivity index (χ3n) is 2.33. The molecule has 0 unspecified atom stereocenters. The first-order chi connectivity index (χ1) is 7.75. The van der Waals surface area contributed by atoms with E-state index in [-0.39, 0.29) is 17.2 Å². The maximum Gasteiger partial charge on any atom is 0.271 e. The highest BCUT2D eigenvalue weighted by Crippen LogP contribution is 2.17. The van der Waals surface area contributed by atoms with Crippen molar-refractivity contribution in [2.24, 2.45) is 0 Å². The van der Waals surface area contributed by atoms with Crippen LogP contribution in [0.2, 0.25) is 0 Å². The predicted molar refractivity (Wildman–Crippen MR) is 58.2 cm³/mol. The molecule has 3 N–H and O–H groups in total. The number of nitrogens with zero attached hydrogens (tertiary/aromatic N) is 1. The van der Waals surface area contributed by atoms with Crippen molar-refractivity contribution < 1.29 is 4.79 Å². The van der Waals surface area contributed by atoms with Gasteiger partial charge in [0.05, 0.1) is 6.20 Å². The van der Waals surface area contributed by atoms with E-state index in [4.69, 9.17) is 0 Å². The summed E-state index contributed by atoms with van der Waals surface area (Å²) in [5.74, 6) is -0.270. The molecule has 0 radical (unpaired) electrons. The molecule has 0 aromatic carbocycles. The molecule has 1 aliphatic carbocycles. The van der Waals surface area contributed by atoms with E-state index in [1.807, 2.05) is 0 Å². The fourth-order valence-corrected chi connectivity index (χ4v) is 1.30. The molecule has 0 bridgehead atoms. The number of hydrogen-bond acceptors (Lipinski definition) is 4. The summed E-state index contributed by atoms with van der Waals surface area (Å²) in [6.07, 6.45) is 4.87. The number of carbonyl (C=O) groups excluding carboxylic acids is 1. The summed E-state index contributed by atoms with van der Waals surface area (Å²) < 4.78 is 0. The molecule has 16 heavy (non-hydrogen) atoms. The Bertz CT molecular complexity index is 405. The van der Waals surface area contributed by atoms with E-state index >= 15 is 0 Å². The van der Waals surface area contributed by atoms with E-state index in [1.54, 1.807) is 0 Å². The zero-order valence-corrected chi connectivity index (χ0v) is 8.82. The first-order valence-electron chi connectivity index (χ1n) is 5.32. The molecule has 0 spiro atoms. The van der Waals surface area contributed by atoms with Crippen LogP contribution in [0.15, 0.2) is 17.2 Å². The van der Waals surface area contributed by atoms with Gasteiger partial charge in [-0.3, -0.25) is 9.59 Å². The van der Waals surface area contributed by atoms with Gasteiger partial charge in [0.25, 0.3) is 11.5 Å². The zero-order chi connectivity index (χ0) is 11.4. The molecule has 1 aliphatic rings. The zero-order valence-electron chi connectivity index (χ0n) is 8.82. The minimum atomic E-state index is -0.313. The van der Waals surface area contributed by atoms with Crippen LogP contribution in [0, 0.1) is 0 Å². The van der Waals surface area contributed by atoms with Crippen LogP contribution >= 0.6 is 0 Å². The summed E-state index contributed by atoms with van der Waals surface area (Å²) in [6.45, 7) is 1.33. The van der Waals surface area contributed by atoms with Crippen LogP contribution in [0.25, 0.3) is 0 Å². The molecule has 1 heterocycles. The van der Waals surface area contributed by atoms with Crippen LogP contribution in [0.5, 0.6) is 0 Å². The number of H-pyrrole nitrogens is 1. The summed E-state index contributed by atoms with van der Waals surface area (Å²) in [6, 6.07) is 0.642. The highest BCUT2D eigenvalue weighted by Gasteiger charge is 2.19. The van der Waals surface area contributed by atoms with Crippen molar-refractivity contribution in [3.8, 4) is 0 Å². The lowest BCUT2D eigenvalue weighted by molar-refractivity contribution is 0.0948. The second-order valence-corrected chi connectivity index (χ2v) is 3.78. The number of rotatable bonds is 5. The van der Waals surface area contributed by atoms with Crippen molar-refractivity contribution in [1.29, 1.82) is 0 Å². The number of hydrogen-bond donors (Lipinski definition) is 3. The van der Waals surface area contributed by atoms with Crippen LogP contribution in [-0.4, -0.2) is 35.0 Å². The van der Waals surface area contributed by atoms with E-state index in [9.17, 15) is 9.59 Å². The van der Waals surface area contributed by atoms with Gasteiger partial charge in [-0.15, -0.1) is 0 Å². The molecule has 86 valence electrons. The quantitative estimate of drug-likeness (QED) is 0.572. The van der Waals surface area contributed by atoms with Crippen molar-refractivity contribution in [3.05, 3.63) is 28.4 Å². The van der Waals surface area contributed by atoms with E-state index in [1.165, 1.54) is 19.0 Å². The summed E-state index contributed by atoms with van der Waals surface area (Å²) >= 11 is 0. The predicted octanol–water partition coefficient (Wildman–Crippen LogP) is -0.748. The highest BCUT2D eigenvalue weighted by atomic mass is 16.2. The maximum atomic E-state index is 11.5. The van der Waals surface area contributed by atoms with Crippen LogP contribution in [0.1, 0.15) is 23.3 Å². The van der Waals surface area contributed by atoms with Crippen LogP contribution < -0.4 is 16.2 Å². The third-order valence-corrected chi connectivity index (χ3v) is 2.33. The SMILES string of the molecule is O=C(NCCNC1CC1)c1c[nH]c(=O)cn1. The fourth-order valence-electron chi connectivity index (χ4n) is 1.30. The lowest BCUT2D eigenvalue weighted by Crippen LogP contribution is -2.33. The van der Waals surface area contributed by atoms with Gasteiger partial charge in [-0.25, -0.2) is 4.98 Å². The normalized spacial score (nSPS) is 14.8. The van der Waals surface area contributed by atoms with Crippen molar-refractivity contribution in [3.63, 3.8) is 0 Å². The molecule has 0 aliphatic heterocycles. The van der Waals surface area contributed by atoms with Crippen molar-refractivity contribution >= 4 is 5.91 Å². The van der Waals surface area contributed by atoms with Crippen molar-refractivity contribution in [1.82, 2.24) is 20.6 Å². The van der Waals surface area contributed by atoms with Gasteiger partial charge in [0, 0.05) is 25.3 Å². The van der Waals surface area contributed by atoms with Gasteiger partial charge < -0.3 is 15.6 Å². The largest absolute Gasteiger partial charge is 0.349 e. The molecule has 6 heteroatoms. The van der Waals surface area contributed by atoms with Crippen molar-refractivity contribution in [2.45, 2.75) is 18.9 Å². The van der Waals surface area contributed by atoms with Gasteiger partial charge in [-0.2, -0.15) is 0 Å². The molecule has 1 aromatic heterocycles. The third kappa shape index (κ3) is 3.16. The van der Waals surface area contributed by atoms with Crippen LogP contribution in [0.3, 0.4) is 0 Å². The monoisotopic (exact) mass is 222 g/mol. The Hall–Kier alpha value is -1.69. The van der Waals surface area contributed by atoms with E-state index in [0.717, 1.165) is 12.7 Å². The molecule has 6 nitrogen and oxygen atoms in total. The Morgan fingerprint density at radius 3 is 2.94 bits per heavy atom. The van der Waals surface area contributed by atoms with E-state index in [0.29, 0.717) is 12.6 Å². The van der Waals surface area contributed by atoms with E-state index < -0.39 is 0 Å². The second-order valence-electron chi connectivity index (χ2n) is 3.78. The maximum absolute atomic E-state index is 11.5. The van der Waals surface area contributed by atoms with Gasteiger partial charge in [0.15, 0.2) is 0 Å². The Kier molecular flexibility index (Phi) is 3.31. The molecule has 0 saturated heterocycles. The number of aromatic amines is 1.